The Bertz CT molecular complexity index is 1250. The van der Waals surface area contributed by atoms with Crippen molar-refractivity contribution in [3.8, 4) is 0 Å². The van der Waals surface area contributed by atoms with Crippen molar-refractivity contribution < 1.29 is 4.79 Å². The molecule has 0 fully saturated rings. The molecule has 0 spiro atoms. The summed E-state index contributed by atoms with van der Waals surface area (Å²) < 4.78 is 0.993. The van der Waals surface area contributed by atoms with Crippen LogP contribution < -0.4 is 0 Å². The van der Waals surface area contributed by atoms with E-state index in [2.05, 4.69) is 33.1 Å². The summed E-state index contributed by atoms with van der Waals surface area (Å²) in [4.78, 5) is 17.6. The van der Waals surface area contributed by atoms with Crippen LogP contribution in [0.2, 0.25) is 5.02 Å². The van der Waals surface area contributed by atoms with Crippen molar-refractivity contribution in [3.63, 3.8) is 0 Å². The van der Waals surface area contributed by atoms with Crippen LogP contribution in [-0.4, -0.2) is 21.8 Å². The smallest absolute Gasteiger partial charge is 0.266 e. The standard InChI is InChI=1S/C25H17BrClN3OS/c26-19-10-6-16(7-11-19)14-23-24(31)28-25(32-23)30-22(18-8-12-20(27)13-9-18)15-21(29-30)17-4-2-1-3-5-17/h1-14,22H,15H2/b23-14-. The van der Waals surface area contributed by atoms with Gasteiger partial charge in [-0.1, -0.05) is 82.1 Å². The Hall–Kier alpha value is -2.67. The number of carbonyl (C=O) groups excluding carboxylic acids is 1. The minimum Gasteiger partial charge on any atom is -0.266 e. The molecule has 3 aromatic carbocycles. The molecule has 0 saturated heterocycles. The van der Waals surface area contributed by atoms with Gasteiger partial charge >= 0.3 is 0 Å². The van der Waals surface area contributed by atoms with Crippen molar-refractivity contribution in [3.05, 3.63) is 110 Å². The van der Waals surface area contributed by atoms with Gasteiger partial charge in [0.1, 0.15) is 0 Å². The van der Waals surface area contributed by atoms with Gasteiger partial charge in [0.2, 0.25) is 0 Å². The summed E-state index contributed by atoms with van der Waals surface area (Å²) in [7, 11) is 0. The zero-order valence-electron chi connectivity index (χ0n) is 16.8. The molecule has 4 nitrogen and oxygen atoms in total. The van der Waals surface area contributed by atoms with Crippen LogP contribution in [0.5, 0.6) is 0 Å². The minimum absolute atomic E-state index is 0.0615. The Morgan fingerprint density at radius 1 is 1.00 bits per heavy atom. The number of hydrogen-bond acceptors (Lipinski definition) is 4. The van der Waals surface area contributed by atoms with Gasteiger partial charge in [-0.3, -0.25) is 4.79 Å². The summed E-state index contributed by atoms with van der Waals surface area (Å²) in [6.07, 6.45) is 2.58. The maximum Gasteiger partial charge on any atom is 0.286 e. The van der Waals surface area contributed by atoms with E-state index in [1.54, 1.807) is 0 Å². The number of aliphatic imine (C=N–C) groups is 1. The Balaban J connectivity index is 1.47. The lowest BCUT2D eigenvalue weighted by Gasteiger charge is -2.22. The molecular weight excluding hydrogens is 506 g/mol. The van der Waals surface area contributed by atoms with E-state index in [1.165, 1.54) is 11.8 Å². The second-order valence-electron chi connectivity index (χ2n) is 7.39. The van der Waals surface area contributed by atoms with E-state index in [-0.39, 0.29) is 11.9 Å². The number of carbonyl (C=O) groups is 1. The van der Waals surface area contributed by atoms with Crippen molar-refractivity contribution >= 4 is 62.2 Å². The zero-order valence-corrected chi connectivity index (χ0v) is 19.9. The van der Waals surface area contributed by atoms with Crippen LogP contribution in [0.4, 0.5) is 0 Å². The highest BCUT2D eigenvalue weighted by atomic mass is 79.9. The SMILES string of the molecule is O=C1N=C(N2N=C(c3ccccc3)CC2c2ccc(Cl)cc2)S/C1=C\c1ccc(Br)cc1. The predicted octanol–water partition coefficient (Wildman–Crippen LogP) is 6.92. The Kier molecular flexibility index (Phi) is 6.00. The van der Waals surface area contributed by atoms with E-state index in [9.17, 15) is 4.79 Å². The lowest BCUT2D eigenvalue weighted by molar-refractivity contribution is -0.113. The van der Waals surface area contributed by atoms with E-state index in [0.717, 1.165) is 26.9 Å². The number of nitrogens with zero attached hydrogens (tertiary/aromatic N) is 3. The first-order valence-corrected chi connectivity index (χ1v) is 12.0. The molecule has 2 heterocycles. The molecular formula is C25H17BrClN3OS. The quantitative estimate of drug-likeness (QED) is 0.351. The first-order chi connectivity index (χ1) is 15.6. The van der Waals surface area contributed by atoms with E-state index < -0.39 is 0 Å². The zero-order chi connectivity index (χ0) is 22.1. The highest BCUT2D eigenvalue weighted by Crippen LogP contribution is 2.39. The third-order valence-corrected chi connectivity index (χ3v) is 7.00. The normalized spacial score (nSPS) is 19.4. The van der Waals surface area contributed by atoms with Crippen molar-refractivity contribution in [2.45, 2.75) is 12.5 Å². The lowest BCUT2D eigenvalue weighted by Crippen LogP contribution is -2.23. The first-order valence-electron chi connectivity index (χ1n) is 10.0. The molecule has 1 atom stereocenters. The molecule has 158 valence electrons. The summed E-state index contributed by atoms with van der Waals surface area (Å²) in [5, 5.41) is 8.03. The molecule has 0 saturated carbocycles. The van der Waals surface area contributed by atoms with Crippen LogP contribution >= 0.6 is 39.3 Å². The number of amides is 1. The highest BCUT2D eigenvalue weighted by molar-refractivity contribution is 9.10. The van der Waals surface area contributed by atoms with Gasteiger partial charge in [-0.05, 0) is 58.8 Å². The fraction of sp³-hybridized carbons (Fsp3) is 0.0800. The second kappa shape index (κ2) is 9.06. The number of benzene rings is 3. The van der Waals surface area contributed by atoms with Gasteiger partial charge in [-0.15, -0.1) is 0 Å². The summed E-state index contributed by atoms with van der Waals surface area (Å²) >= 11 is 10.9. The molecule has 0 N–H and O–H groups in total. The van der Waals surface area contributed by atoms with Crippen LogP contribution in [-0.2, 0) is 4.79 Å². The van der Waals surface area contributed by atoms with E-state index in [0.29, 0.717) is 21.5 Å². The molecule has 5 rings (SSSR count). The lowest BCUT2D eigenvalue weighted by atomic mass is 9.99. The minimum atomic E-state index is -0.244. The monoisotopic (exact) mass is 521 g/mol. The number of hydrogen-bond donors (Lipinski definition) is 0. The van der Waals surface area contributed by atoms with E-state index in [4.69, 9.17) is 16.7 Å². The Labute approximate surface area is 203 Å². The predicted molar refractivity (Wildman–Crippen MR) is 136 cm³/mol. The van der Waals surface area contributed by atoms with Crippen LogP contribution in [0.15, 0.2) is 98.3 Å². The summed E-state index contributed by atoms with van der Waals surface area (Å²) in [6.45, 7) is 0. The molecule has 32 heavy (non-hydrogen) atoms. The molecule has 3 aromatic rings. The molecule has 0 aliphatic carbocycles. The summed E-state index contributed by atoms with van der Waals surface area (Å²) in [5.41, 5.74) is 4.05. The third-order valence-electron chi connectivity index (χ3n) is 5.25. The van der Waals surface area contributed by atoms with Crippen LogP contribution in [0.25, 0.3) is 6.08 Å². The average molecular weight is 523 g/mol. The molecule has 1 unspecified atom stereocenters. The first kappa shape index (κ1) is 21.2. The molecule has 0 radical (unpaired) electrons. The summed E-state index contributed by atoms with van der Waals surface area (Å²) in [6, 6.07) is 25.6. The van der Waals surface area contributed by atoms with Gasteiger partial charge in [0.15, 0.2) is 5.17 Å². The van der Waals surface area contributed by atoms with Gasteiger partial charge in [-0.2, -0.15) is 10.1 Å². The highest BCUT2D eigenvalue weighted by Gasteiger charge is 2.36. The van der Waals surface area contributed by atoms with E-state index in [1.807, 2.05) is 77.8 Å². The number of rotatable bonds is 3. The molecule has 1 amide bonds. The molecule has 2 aliphatic rings. The van der Waals surface area contributed by atoms with Crippen molar-refractivity contribution in [1.82, 2.24) is 5.01 Å². The van der Waals surface area contributed by atoms with Crippen LogP contribution in [0.1, 0.15) is 29.2 Å². The number of hydrazone groups is 1. The maximum atomic E-state index is 12.7. The fourth-order valence-corrected chi connectivity index (χ4v) is 4.95. The van der Waals surface area contributed by atoms with Gasteiger partial charge in [0.05, 0.1) is 16.7 Å². The molecule has 0 bridgehead atoms. The average Bonchev–Trinajstić information content (AvgIpc) is 3.41. The van der Waals surface area contributed by atoms with Crippen molar-refractivity contribution in [1.29, 1.82) is 0 Å². The third kappa shape index (κ3) is 4.44. The van der Waals surface area contributed by atoms with E-state index >= 15 is 0 Å². The molecule has 2 aliphatic heterocycles. The number of thioether (sulfide) groups is 1. The Morgan fingerprint density at radius 2 is 1.72 bits per heavy atom. The molecule has 0 aromatic heterocycles. The number of amidine groups is 1. The van der Waals surface area contributed by atoms with Crippen LogP contribution in [0, 0.1) is 0 Å². The van der Waals surface area contributed by atoms with Crippen LogP contribution in [0.3, 0.4) is 0 Å². The van der Waals surface area contributed by atoms with Gasteiger partial charge in [0, 0.05) is 15.9 Å². The van der Waals surface area contributed by atoms with Gasteiger partial charge in [-0.25, -0.2) is 5.01 Å². The van der Waals surface area contributed by atoms with Crippen molar-refractivity contribution in [2.24, 2.45) is 10.1 Å². The summed E-state index contributed by atoms with van der Waals surface area (Å²) in [5.74, 6) is -0.244. The largest absolute Gasteiger partial charge is 0.286 e. The topological polar surface area (TPSA) is 45.0 Å². The van der Waals surface area contributed by atoms with Crippen molar-refractivity contribution in [2.75, 3.05) is 0 Å². The Morgan fingerprint density at radius 3 is 2.44 bits per heavy atom. The van der Waals surface area contributed by atoms with Gasteiger partial charge in [0.25, 0.3) is 5.91 Å². The van der Waals surface area contributed by atoms with Gasteiger partial charge < -0.3 is 0 Å². The number of halogens is 2. The second-order valence-corrected chi connectivity index (χ2v) is 9.75. The molecule has 7 heteroatoms. The fourth-order valence-electron chi connectivity index (χ4n) is 3.64. The maximum absolute atomic E-state index is 12.7.